The molecule has 3 heterocycles. The molecule has 0 saturated carbocycles. The van der Waals surface area contributed by atoms with Gasteiger partial charge in [0.1, 0.15) is 5.69 Å². The molecule has 0 saturated heterocycles. The number of hydrogen-bond donors (Lipinski definition) is 0. The van der Waals surface area contributed by atoms with Gasteiger partial charge >= 0.3 is 0 Å². The molecular formula is C17H18N4OS. The molecule has 0 amide bonds. The first kappa shape index (κ1) is 15.6. The molecule has 5 nitrogen and oxygen atoms in total. The first-order valence-corrected chi connectivity index (χ1v) is 8.41. The molecule has 0 aliphatic rings. The van der Waals surface area contributed by atoms with Crippen molar-refractivity contribution in [2.45, 2.75) is 33.2 Å². The van der Waals surface area contributed by atoms with Gasteiger partial charge in [0.25, 0.3) is 0 Å². The molecule has 1 atom stereocenters. The van der Waals surface area contributed by atoms with E-state index in [1.165, 1.54) is 11.3 Å². The molecule has 3 rings (SSSR count). The SMILES string of the molecule is CCC(c1ncccc1C)n1cc(-c2csc(C(C)=O)c2)nn1. The first-order chi connectivity index (χ1) is 11.1. The maximum absolute atomic E-state index is 11.4. The fourth-order valence-corrected chi connectivity index (χ4v) is 3.37. The highest BCUT2D eigenvalue weighted by atomic mass is 32.1. The summed E-state index contributed by atoms with van der Waals surface area (Å²) in [4.78, 5) is 16.7. The number of pyridine rings is 1. The normalized spacial score (nSPS) is 12.3. The molecule has 3 aromatic heterocycles. The summed E-state index contributed by atoms with van der Waals surface area (Å²) in [5.41, 5.74) is 3.87. The second-order valence-corrected chi connectivity index (χ2v) is 6.38. The van der Waals surface area contributed by atoms with Crippen LogP contribution in [0.25, 0.3) is 11.3 Å². The quantitative estimate of drug-likeness (QED) is 0.667. The van der Waals surface area contributed by atoms with Crippen LogP contribution in [0.3, 0.4) is 0 Å². The predicted octanol–water partition coefficient (Wildman–Crippen LogP) is 3.91. The summed E-state index contributed by atoms with van der Waals surface area (Å²) in [5.74, 6) is 0.0733. The second-order valence-electron chi connectivity index (χ2n) is 5.47. The Morgan fingerprint density at radius 2 is 2.26 bits per heavy atom. The molecule has 0 fully saturated rings. The van der Waals surface area contributed by atoms with Crippen LogP contribution >= 0.6 is 11.3 Å². The Labute approximate surface area is 139 Å². The number of ketones is 1. The minimum atomic E-state index is 0.0587. The van der Waals surface area contributed by atoms with Crippen molar-refractivity contribution in [3.05, 3.63) is 52.1 Å². The molecule has 23 heavy (non-hydrogen) atoms. The van der Waals surface area contributed by atoms with E-state index in [4.69, 9.17) is 0 Å². The minimum absolute atomic E-state index is 0.0587. The number of Topliss-reactive ketones (excluding diaryl/α,β-unsaturated/α-hetero) is 1. The van der Waals surface area contributed by atoms with Gasteiger partial charge in [0, 0.05) is 17.1 Å². The van der Waals surface area contributed by atoms with Gasteiger partial charge in [-0.05, 0) is 38.0 Å². The van der Waals surface area contributed by atoms with Crippen LogP contribution in [0, 0.1) is 6.92 Å². The van der Waals surface area contributed by atoms with Crippen molar-refractivity contribution in [2.75, 3.05) is 0 Å². The lowest BCUT2D eigenvalue weighted by molar-refractivity contribution is 0.102. The highest BCUT2D eigenvalue weighted by Gasteiger charge is 2.18. The van der Waals surface area contributed by atoms with Crippen LogP contribution in [0.1, 0.15) is 47.2 Å². The van der Waals surface area contributed by atoms with Crippen molar-refractivity contribution in [1.82, 2.24) is 20.0 Å². The van der Waals surface area contributed by atoms with Crippen molar-refractivity contribution in [3.63, 3.8) is 0 Å². The van der Waals surface area contributed by atoms with E-state index < -0.39 is 0 Å². The average molecular weight is 326 g/mol. The number of nitrogens with zero attached hydrogens (tertiary/aromatic N) is 4. The lowest BCUT2D eigenvalue weighted by Gasteiger charge is -2.16. The zero-order valence-corrected chi connectivity index (χ0v) is 14.2. The smallest absolute Gasteiger partial charge is 0.169 e. The Morgan fingerprint density at radius 3 is 2.91 bits per heavy atom. The summed E-state index contributed by atoms with van der Waals surface area (Å²) < 4.78 is 1.86. The Balaban J connectivity index is 1.93. The van der Waals surface area contributed by atoms with E-state index in [2.05, 4.69) is 35.2 Å². The van der Waals surface area contributed by atoms with Gasteiger partial charge in [-0.25, -0.2) is 4.68 Å². The summed E-state index contributed by atoms with van der Waals surface area (Å²) in [7, 11) is 0. The zero-order chi connectivity index (χ0) is 16.4. The van der Waals surface area contributed by atoms with Gasteiger partial charge in [0.15, 0.2) is 5.78 Å². The maximum atomic E-state index is 11.4. The van der Waals surface area contributed by atoms with Gasteiger partial charge in [-0.3, -0.25) is 9.78 Å². The third kappa shape index (κ3) is 3.07. The van der Waals surface area contributed by atoms with E-state index >= 15 is 0 Å². The Kier molecular flexibility index (Phi) is 4.34. The molecule has 3 aromatic rings. The average Bonchev–Trinajstić information content (AvgIpc) is 3.18. The number of aryl methyl sites for hydroxylation is 1. The van der Waals surface area contributed by atoms with Gasteiger partial charge in [-0.15, -0.1) is 16.4 Å². The summed E-state index contributed by atoms with van der Waals surface area (Å²) in [5, 5.41) is 10.5. The van der Waals surface area contributed by atoms with Crippen LogP contribution in [0.2, 0.25) is 0 Å². The van der Waals surface area contributed by atoms with E-state index in [1.807, 2.05) is 28.4 Å². The molecule has 0 aliphatic carbocycles. The largest absolute Gasteiger partial charge is 0.294 e. The van der Waals surface area contributed by atoms with Gasteiger partial charge in [-0.2, -0.15) is 0 Å². The van der Waals surface area contributed by atoms with Crippen molar-refractivity contribution >= 4 is 17.1 Å². The Hall–Kier alpha value is -2.34. The number of carbonyl (C=O) groups is 1. The van der Waals surface area contributed by atoms with Crippen molar-refractivity contribution in [2.24, 2.45) is 0 Å². The summed E-state index contributed by atoms with van der Waals surface area (Å²) >= 11 is 1.44. The third-order valence-corrected chi connectivity index (χ3v) is 4.86. The molecular weight excluding hydrogens is 308 g/mol. The predicted molar refractivity (Wildman–Crippen MR) is 90.7 cm³/mol. The molecule has 0 bridgehead atoms. The maximum Gasteiger partial charge on any atom is 0.169 e. The fourth-order valence-electron chi connectivity index (χ4n) is 2.57. The van der Waals surface area contributed by atoms with E-state index in [0.717, 1.165) is 33.8 Å². The lowest BCUT2D eigenvalue weighted by Crippen LogP contribution is -2.13. The summed E-state index contributed by atoms with van der Waals surface area (Å²) in [6.45, 7) is 5.74. The van der Waals surface area contributed by atoms with E-state index in [9.17, 15) is 4.79 Å². The second kappa shape index (κ2) is 6.42. The number of hydrogen-bond acceptors (Lipinski definition) is 5. The standard InChI is InChI=1S/C17H18N4OS/c1-4-15(17-11(2)6-5-7-18-17)21-9-14(19-20-21)13-8-16(12(3)22)23-10-13/h5-10,15H,4H2,1-3H3. The van der Waals surface area contributed by atoms with Crippen LogP contribution < -0.4 is 0 Å². The van der Waals surface area contributed by atoms with Crippen LogP contribution in [-0.4, -0.2) is 25.8 Å². The zero-order valence-electron chi connectivity index (χ0n) is 13.4. The molecule has 6 heteroatoms. The van der Waals surface area contributed by atoms with Crippen LogP contribution in [0.15, 0.2) is 36.0 Å². The summed E-state index contributed by atoms with van der Waals surface area (Å²) in [6, 6.07) is 5.92. The molecule has 1 unspecified atom stereocenters. The fraction of sp³-hybridized carbons (Fsp3) is 0.294. The van der Waals surface area contributed by atoms with E-state index in [0.29, 0.717) is 0 Å². The summed E-state index contributed by atoms with van der Waals surface area (Å²) in [6.07, 6.45) is 4.61. The monoisotopic (exact) mass is 326 g/mol. The third-order valence-electron chi connectivity index (χ3n) is 3.82. The van der Waals surface area contributed by atoms with Crippen molar-refractivity contribution in [1.29, 1.82) is 0 Å². The molecule has 0 N–H and O–H groups in total. The first-order valence-electron chi connectivity index (χ1n) is 7.53. The lowest BCUT2D eigenvalue weighted by atomic mass is 10.1. The van der Waals surface area contributed by atoms with Crippen LogP contribution in [-0.2, 0) is 0 Å². The van der Waals surface area contributed by atoms with Crippen molar-refractivity contribution in [3.8, 4) is 11.3 Å². The molecule has 118 valence electrons. The Morgan fingerprint density at radius 1 is 1.43 bits per heavy atom. The van der Waals surface area contributed by atoms with E-state index in [1.54, 1.807) is 13.1 Å². The van der Waals surface area contributed by atoms with Crippen LogP contribution in [0.5, 0.6) is 0 Å². The van der Waals surface area contributed by atoms with Crippen LogP contribution in [0.4, 0.5) is 0 Å². The van der Waals surface area contributed by atoms with E-state index in [-0.39, 0.29) is 11.8 Å². The number of aromatic nitrogens is 4. The highest BCUT2D eigenvalue weighted by molar-refractivity contribution is 7.12. The van der Waals surface area contributed by atoms with Crippen molar-refractivity contribution < 1.29 is 4.79 Å². The highest BCUT2D eigenvalue weighted by Crippen LogP contribution is 2.27. The topological polar surface area (TPSA) is 60.7 Å². The molecule has 0 aromatic carbocycles. The minimum Gasteiger partial charge on any atom is -0.294 e. The van der Waals surface area contributed by atoms with Gasteiger partial charge in [-0.1, -0.05) is 18.2 Å². The Bertz CT molecular complexity index is 836. The molecule has 0 aliphatic heterocycles. The molecule has 0 radical (unpaired) electrons. The van der Waals surface area contributed by atoms with Gasteiger partial charge < -0.3 is 0 Å². The number of thiophene rings is 1. The van der Waals surface area contributed by atoms with Gasteiger partial charge in [0.05, 0.1) is 22.8 Å². The number of rotatable bonds is 5. The molecule has 0 spiro atoms. The number of carbonyl (C=O) groups excluding carboxylic acids is 1. The van der Waals surface area contributed by atoms with Gasteiger partial charge in [0.2, 0.25) is 0 Å².